The molecule has 1 aliphatic carbocycles. The summed E-state index contributed by atoms with van der Waals surface area (Å²) in [6.45, 7) is 0. The van der Waals surface area contributed by atoms with Crippen molar-refractivity contribution in [3.8, 4) is 0 Å². The van der Waals surface area contributed by atoms with Gasteiger partial charge in [0.05, 0.1) is 11.0 Å². The maximum absolute atomic E-state index is 6.35. The van der Waals surface area contributed by atoms with Crippen molar-refractivity contribution >= 4 is 11.0 Å². The average molecular weight is 243 g/mol. The number of imidazole rings is 1. The lowest BCUT2D eigenvalue weighted by atomic mass is 9.94. The molecule has 3 heteroatoms. The van der Waals surface area contributed by atoms with Crippen molar-refractivity contribution in [3.63, 3.8) is 0 Å². The van der Waals surface area contributed by atoms with E-state index in [9.17, 15) is 0 Å². The fourth-order valence-electron chi connectivity index (χ4n) is 3.15. The van der Waals surface area contributed by atoms with Crippen LogP contribution in [0.15, 0.2) is 24.3 Å². The summed E-state index contributed by atoms with van der Waals surface area (Å²) < 4.78 is 2.23. The van der Waals surface area contributed by atoms with Crippen LogP contribution >= 0.6 is 0 Å². The van der Waals surface area contributed by atoms with Crippen LogP contribution in [0.4, 0.5) is 0 Å². The normalized spacial score (nSPS) is 25.2. The number of rotatable bonds is 1. The van der Waals surface area contributed by atoms with Gasteiger partial charge in [0.25, 0.3) is 0 Å². The first-order valence-electron chi connectivity index (χ1n) is 6.94. The Bertz CT molecular complexity index is 544. The highest BCUT2D eigenvalue weighted by Crippen LogP contribution is 2.31. The molecule has 0 bridgehead atoms. The van der Waals surface area contributed by atoms with E-state index in [1.807, 2.05) is 6.07 Å². The second-order valence-electron chi connectivity index (χ2n) is 5.43. The molecule has 1 saturated carbocycles. The van der Waals surface area contributed by atoms with E-state index in [2.05, 4.69) is 29.8 Å². The van der Waals surface area contributed by atoms with Gasteiger partial charge in [-0.15, -0.1) is 0 Å². The van der Waals surface area contributed by atoms with Crippen LogP contribution in [0.3, 0.4) is 0 Å². The van der Waals surface area contributed by atoms with E-state index in [1.54, 1.807) is 0 Å². The molecule has 1 fully saturated rings. The van der Waals surface area contributed by atoms with Gasteiger partial charge in [0.2, 0.25) is 0 Å². The molecule has 0 spiro atoms. The first-order chi connectivity index (χ1) is 8.77. The minimum absolute atomic E-state index is 0.267. The Hall–Kier alpha value is -1.35. The Balaban J connectivity index is 2.04. The summed E-state index contributed by atoms with van der Waals surface area (Å²) in [5, 5.41) is 0. The first-order valence-corrected chi connectivity index (χ1v) is 6.94. The minimum atomic E-state index is 0.267. The largest absolute Gasteiger partial charge is 0.331 e. The highest BCUT2D eigenvalue weighted by molar-refractivity contribution is 5.75. The van der Waals surface area contributed by atoms with Gasteiger partial charge >= 0.3 is 0 Å². The number of fused-ring (bicyclic) bond motifs is 1. The first kappa shape index (κ1) is 11.7. The lowest BCUT2D eigenvalue weighted by Crippen LogP contribution is -2.29. The van der Waals surface area contributed by atoms with E-state index in [4.69, 9.17) is 10.7 Å². The van der Waals surface area contributed by atoms with Crippen molar-refractivity contribution in [1.29, 1.82) is 0 Å². The van der Waals surface area contributed by atoms with E-state index in [1.165, 1.54) is 37.0 Å². The molecule has 96 valence electrons. The van der Waals surface area contributed by atoms with Crippen molar-refractivity contribution in [1.82, 2.24) is 9.55 Å². The van der Waals surface area contributed by atoms with Crippen LogP contribution in [-0.2, 0) is 7.05 Å². The Labute approximate surface area is 108 Å². The molecule has 1 aromatic carbocycles. The summed E-state index contributed by atoms with van der Waals surface area (Å²) in [5.41, 5.74) is 8.65. The van der Waals surface area contributed by atoms with Gasteiger partial charge in [-0.2, -0.15) is 0 Å². The Morgan fingerprint density at radius 1 is 1.17 bits per heavy atom. The number of benzene rings is 1. The second-order valence-corrected chi connectivity index (χ2v) is 5.43. The molecule has 0 saturated heterocycles. The fourth-order valence-corrected chi connectivity index (χ4v) is 3.15. The topological polar surface area (TPSA) is 43.8 Å². The lowest BCUT2D eigenvalue weighted by Gasteiger charge is -2.20. The lowest BCUT2D eigenvalue weighted by molar-refractivity contribution is 0.474. The Morgan fingerprint density at radius 2 is 1.94 bits per heavy atom. The Kier molecular flexibility index (Phi) is 3.08. The number of hydrogen-bond donors (Lipinski definition) is 1. The molecular formula is C15H21N3. The summed E-state index contributed by atoms with van der Waals surface area (Å²) in [6, 6.07) is 8.60. The predicted molar refractivity (Wildman–Crippen MR) is 74.5 cm³/mol. The van der Waals surface area contributed by atoms with Gasteiger partial charge in [-0.1, -0.05) is 31.4 Å². The number of hydrogen-bond acceptors (Lipinski definition) is 2. The molecular weight excluding hydrogens is 222 g/mol. The summed E-state index contributed by atoms with van der Waals surface area (Å²) in [4.78, 5) is 4.81. The number of para-hydroxylation sites is 2. The van der Waals surface area contributed by atoms with Crippen molar-refractivity contribution in [2.75, 3.05) is 0 Å². The molecule has 0 amide bonds. The smallest absolute Gasteiger partial charge is 0.114 e. The SMILES string of the molecule is Cn1c(C2CCCCCC2N)nc2ccccc21. The number of nitrogens with two attached hydrogens (primary N) is 1. The van der Waals surface area contributed by atoms with Crippen LogP contribution in [0.2, 0.25) is 0 Å². The molecule has 3 nitrogen and oxygen atoms in total. The molecule has 18 heavy (non-hydrogen) atoms. The third-order valence-electron chi connectivity index (χ3n) is 4.22. The summed E-state index contributed by atoms with van der Waals surface area (Å²) >= 11 is 0. The summed E-state index contributed by atoms with van der Waals surface area (Å²) in [7, 11) is 2.11. The van der Waals surface area contributed by atoms with Gasteiger partial charge in [-0.3, -0.25) is 0 Å². The van der Waals surface area contributed by atoms with E-state index < -0.39 is 0 Å². The molecule has 1 aromatic heterocycles. The van der Waals surface area contributed by atoms with Crippen LogP contribution in [-0.4, -0.2) is 15.6 Å². The third kappa shape index (κ3) is 1.93. The molecule has 1 heterocycles. The highest BCUT2D eigenvalue weighted by atomic mass is 15.1. The zero-order valence-electron chi connectivity index (χ0n) is 11.0. The second kappa shape index (κ2) is 4.73. The molecule has 3 rings (SSSR count). The van der Waals surface area contributed by atoms with E-state index in [-0.39, 0.29) is 6.04 Å². The van der Waals surface area contributed by atoms with Crippen molar-refractivity contribution in [2.24, 2.45) is 12.8 Å². The highest BCUT2D eigenvalue weighted by Gasteiger charge is 2.26. The van der Waals surface area contributed by atoms with Crippen LogP contribution in [0.5, 0.6) is 0 Å². The standard InChI is InChI=1S/C15H21N3/c1-18-14-10-6-5-9-13(14)17-15(18)11-7-3-2-4-8-12(11)16/h5-6,9-12H,2-4,7-8,16H2,1H3. The minimum Gasteiger partial charge on any atom is -0.331 e. The number of nitrogens with zero attached hydrogens (tertiary/aromatic N) is 2. The maximum atomic E-state index is 6.35. The van der Waals surface area contributed by atoms with E-state index in [0.717, 1.165) is 11.9 Å². The number of aryl methyl sites for hydroxylation is 1. The maximum Gasteiger partial charge on any atom is 0.114 e. The van der Waals surface area contributed by atoms with Gasteiger partial charge in [-0.05, 0) is 25.0 Å². The molecule has 2 N–H and O–H groups in total. The van der Waals surface area contributed by atoms with Crippen LogP contribution in [0.1, 0.15) is 43.8 Å². The van der Waals surface area contributed by atoms with Gasteiger partial charge in [0.15, 0.2) is 0 Å². The van der Waals surface area contributed by atoms with Crippen LogP contribution in [0.25, 0.3) is 11.0 Å². The quantitative estimate of drug-likeness (QED) is 0.783. The van der Waals surface area contributed by atoms with Gasteiger partial charge in [-0.25, -0.2) is 4.98 Å². The predicted octanol–water partition coefficient (Wildman–Crippen LogP) is 2.95. The van der Waals surface area contributed by atoms with Gasteiger partial charge in [0.1, 0.15) is 5.82 Å². The van der Waals surface area contributed by atoms with Crippen LogP contribution < -0.4 is 5.73 Å². The van der Waals surface area contributed by atoms with E-state index >= 15 is 0 Å². The average Bonchev–Trinajstić information content (AvgIpc) is 2.57. The van der Waals surface area contributed by atoms with Gasteiger partial charge < -0.3 is 10.3 Å². The molecule has 2 unspecified atom stereocenters. The van der Waals surface area contributed by atoms with Gasteiger partial charge in [0, 0.05) is 19.0 Å². The molecule has 2 aromatic rings. The van der Waals surface area contributed by atoms with E-state index in [0.29, 0.717) is 5.92 Å². The van der Waals surface area contributed by atoms with Crippen molar-refractivity contribution in [3.05, 3.63) is 30.1 Å². The van der Waals surface area contributed by atoms with Crippen LogP contribution in [0, 0.1) is 0 Å². The third-order valence-corrected chi connectivity index (χ3v) is 4.22. The van der Waals surface area contributed by atoms with Crippen molar-refractivity contribution in [2.45, 2.75) is 44.1 Å². The molecule has 1 aliphatic rings. The monoisotopic (exact) mass is 243 g/mol. The molecule has 0 radical (unpaired) electrons. The zero-order valence-corrected chi connectivity index (χ0v) is 11.0. The zero-order chi connectivity index (χ0) is 12.5. The van der Waals surface area contributed by atoms with Crippen molar-refractivity contribution < 1.29 is 0 Å². The number of aromatic nitrogens is 2. The molecule has 0 aliphatic heterocycles. The molecule has 2 atom stereocenters. The fraction of sp³-hybridized carbons (Fsp3) is 0.533. The summed E-state index contributed by atoms with van der Waals surface area (Å²) in [5.74, 6) is 1.59. The summed E-state index contributed by atoms with van der Waals surface area (Å²) in [6.07, 6.45) is 6.17. The Morgan fingerprint density at radius 3 is 2.78 bits per heavy atom.